The van der Waals surface area contributed by atoms with Crippen LogP contribution >= 0.6 is 0 Å². The van der Waals surface area contributed by atoms with Gasteiger partial charge in [0.2, 0.25) is 5.91 Å². The largest absolute Gasteiger partial charge is 0.371 e. The van der Waals surface area contributed by atoms with Gasteiger partial charge in [0.25, 0.3) is 5.69 Å². The van der Waals surface area contributed by atoms with Crippen molar-refractivity contribution in [1.29, 1.82) is 5.26 Å². The average Bonchev–Trinajstić information content (AvgIpc) is 3.07. The van der Waals surface area contributed by atoms with E-state index in [2.05, 4.69) is 10.2 Å². The summed E-state index contributed by atoms with van der Waals surface area (Å²) in [5.41, 5.74) is 1.01. The van der Waals surface area contributed by atoms with Crippen LogP contribution in [0.15, 0.2) is 24.3 Å². The van der Waals surface area contributed by atoms with Crippen LogP contribution in [-0.2, 0) is 4.79 Å². The topological polar surface area (TPSA) is 103 Å². The van der Waals surface area contributed by atoms with E-state index in [4.69, 9.17) is 5.26 Å². The summed E-state index contributed by atoms with van der Waals surface area (Å²) in [7, 11) is 0. The van der Waals surface area contributed by atoms with Crippen molar-refractivity contribution in [1.82, 2.24) is 10.2 Å². The molecular weight excluding hydrogens is 353 g/mol. The fraction of sp³-hybridized carbons (Fsp3) is 0.556. The molecule has 9 heteroatoms. The number of alkyl halides is 1. The van der Waals surface area contributed by atoms with Gasteiger partial charge in [0.1, 0.15) is 12.2 Å². The molecular formula is C18H22FN5O3. The number of rotatable bonds is 5. The Kier molecular flexibility index (Phi) is 5.86. The Morgan fingerprint density at radius 2 is 2.00 bits per heavy atom. The van der Waals surface area contributed by atoms with Crippen molar-refractivity contribution in [2.45, 2.75) is 37.5 Å². The van der Waals surface area contributed by atoms with Gasteiger partial charge in [-0.2, -0.15) is 5.26 Å². The number of halogens is 1. The first-order chi connectivity index (χ1) is 13.0. The van der Waals surface area contributed by atoms with E-state index in [1.807, 2.05) is 6.07 Å². The second-order valence-electron chi connectivity index (χ2n) is 6.94. The van der Waals surface area contributed by atoms with Crippen LogP contribution in [0.25, 0.3) is 0 Å². The number of benzene rings is 1. The van der Waals surface area contributed by atoms with Crippen molar-refractivity contribution < 1.29 is 14.1 Å². The lowest BCUT2D eigenvalue weighted by Crippen LogP contribution is -2.47. The molecule has 8 nitrogen and oxygen atoms in total. The third-order valence-corrected chi connectivity index (χ3v) is 5.18. The van der Waals surface area contributed by atoms with E-state index < -0.39 is 17.1 Å². The molecule has 0 radical (unpaired) electrons. The molecule has 0 unspecified atom stereocenters. The van der Waals surface area contributed by atoms with Crippen molar-refractivity contribution in [3.8, 4) is 6.07 Å². The minimum absolute atomic E-state index is 0.00265. The summed E-state index contributed by atoms with van der Waals surface area (Å²) in [5.74, 6) is -0.237. The predicted octanol–water partition coefficient (Wildman–Crippen LogP) is 1.62. The number of non-ortho nitro benzene ring substituents is 1. The quantitative estimate of drug-likeness (QED) is 0.620. The number of nitrogens with zero attached hydrogens (tertiary/aromatic N) is 4. The van der Waals surface area contributed by atoms with E-state index in [1.54, 1.807) is 12.1 Å². The number of nitro benzene ring substituents is 1. The highest BCUT2D eigenvalue weighted by molar-refractivity contribution is 5.79. The monoisotopic (exact) mass is 375 g/mol. The van der Waals surface area contributed by atoms with E-state index in [1.165, 1.54) is 17.0 Å². The average molecular weight is 375 g/mol. The fourth-order valence-electron chi connectivity index (χ4n) is 3.64. The predicted molar refractivity (Wildman–Crippen MR) is 97.0 cm³/mol. The zero-order chi connectivity index (χ0) is 19.4. The number of amides is 1. The lowest BCUT2D eigenvalue weighted by molar-refractivity contribution is -0.384. The van der Waals surface area contributed by atoms with Gasteiger partial charge in [-0.1, -0.05) is 0 Å². The molecule has 2 aliphatic heterocycles. The van der Waals surface area contributed by atoms with Gasteiger partial charge in [-0.25, -0.2) is 4.39 Å². The van der Waals surface area contributed by atoms with Gasteiger partial charge < -0.3 is 15.1 Å². The first kappa shape index (κ1) is 19.0. The first-order valence-corrected chi connectivity index (χ1v) is 9.04. The first-order valence-electron chi connectivity index (χ1n) is 9.04. The van der Waals surface area contributed by atoms with Crippen LogP contribution in [-0.4, -0.2) is 60.2 Å². The second kappa shape index (κ2) is 8.31. The number of anilines is 1. The summed E-state index contributed by atoms with van der Waals surface area (Å²) in [6.45, 7) is 1.66. The lowest BCUT2D eigenvalue weighted by Gasteiger charge is -2.34. The molecule has 0 spiro atoms. The Bertz CT molecular complexity index is 728. The zero-order valence-corrected chi connectivity index (χ0v) is 14.9. The van der Waals surface area contributed by atoms with Crippen LogP contribution in [0.1, 0.15) is 19.3 Å². The highest BCUT2D eigenvalue weighted by Crippen LogP contribution is 2.23. The molecule has 0 aliphatic carbocycles. The summed E-state index contributed by atoms with van der Waals surface area (Å²) in [6, 6.07) is 7.98. The Morgan fingerprint density at radius 3 is 2.59 bits per heavy atom. The third-order valence-electron chi connectivity index (χ3n) is 5.18. The number of carbonyl (C=O) groups excluding carboxylic acids is 1. The smallest absolute Gasteiger partial charge is 0.269 e. The van der Waals surface area contributed by atoms with E-state index in [0.29, 0.717) is 0 Å². The van der Waals surface area contributed by atoms with Crippen LogP contribution < -0.4 is 10.2 Å². The van der Waals surface area contributed by atoms with Crippen molar-refractivity contribution >= 4 is 17.3 Å². The molecule has 144 valence electrons. The highest BCUT2D eigenvalue weighted by Gasteiger charge is 2.35. The summed E-state index contributed by atoms with van der Waals surface area (Å²) < 4.78 is 13.4. The summed E-state index contributed by atoms with van der Waals surface area (Å²) in [4.78, 5) is 26.0. The number of carbonyl (C=O) groups is 1. The summed E-state index contributed by atoms with van der Waals surface area (Å²) in [5, 5.41) is 23.0. The minimum atomic E-state index is -1.12. The Morgan fingerprint density at radius 1 is 1.33 bits per heavy atom. The Labute approximate surface area is 156 Å². The molecule has 27 heavy (non-hydrogen) atoms. The van der Waals surface area contributed by atoms with Crippen LogP contribution in [0.2, 0.25) is 0 Å². The molecule has 0 aromatic heterocycles. The molecule has 3 rings (SSSR count). The van der Waals surface area contributed by atoms with E-state index >= 15 is 0 Å². The number of piperidine rings is 1. The molecule has 1 N–H and O–H groups in total. The van der Waals surface area contributed by atoms with Crippen LogP contribution in [0, 0.1) is 21.4 Å². The molecule has 1 aromatic carbocycles. The molecule has 0 bridgehead atoms. The van der Waals surface area contributed by atoms with Gasteiger partial charge in [0.05, 0.1) is 24.1 Å². The van der Waals surface area contributed by atoms with Gasteiger partial charge in [0.15, 0.2) is 0 Å². The van der Waals surface area contributed by atoms with E-state index in [9.17, 15) is 19.3 Å². The van der Waals surface area contributed by atoms with Crippen LogP contribution in [0.4, 0.5) is 15.8 Å². The molecule has 1 amide bonds. The highest BCUT2D eigenvalue weighted by atomic mass is 19.1. The van der Waals surface area contributed by atoms with Crippen molar-refractivity contribution in [2.24, 2.45) is 0 Å². The SMILES string of the molecule is N#C[C@@H]1C[C@H](F)CN1C(=O)CNC1CCN(c2ccc([N+](=O)[O-])cc2)CC1. The van der Waals surface area contributed by atoms with Gasteiger partial charge in [-0.05, 0) is 25.0 Å². The maximum atomic E-state index is 13.4. The van der Waals surface area contributed by atoms with Crippen LogP contribution in [0.5, 0.6) is 0 Å². The van der Waals surface area contributed by atoms with Crippen molar-refractivity contribution in [3.63, 3.8) is 0 Å². The molecule has 2 atom stereocenters. The maximum absolute atomic E-state index is 13.4. The van der Waals surface area contributed by atoms with Crippen LogP contribution in [0.3, 0.4) is 0 Å². The molecule has 0 saturated carbocycles. The number of hydrogen-bond acceptors (Lipinski definition) is 6. The van der Waals surface area contributed by atoms with Crippen molar-refractivity contribution in [2.75, 3.05) is 31.1 Å². The molecule has 2 saturated heterocycles. The summed E-state index contributed by atoms with van der Waals surface area (Å²) >= 11 is 0. The molecule has 2 aliphatic rings. The number of nitro groups is 1. The number of hydrogen-bond donors (Lipinski definition) is 1. The normalized spacial score (nSPS) is 23.3. The van der Waals surface area contributed by atoms with Gasteiger partial charge >= 0.3 is 0 Å². The fourth-order valence-corrected chi connectivity index (χ4v) is 3.64. The van der Waals surface area contributed by atoms with Gasteiger partial charge in [-0.15, -0.1) is 0 Å². The van der Waals surface area contributed by atoms with Gasteiger partial charge in [0, 0.05) is 43.4 Å². The number of likely N-dealkylation sites (tertiary alicyclic amines) is 1. The van der Waals surface area contributed by atoms with Gasteiger partial charge in [-0.3, -0.25) is 14.9 Å². The second-order valence-corrected chi connectivity index (χ2v) is 6.94. The van der Waals surface area contributed by atoms with E-state index in [0.717, 1.165) is 31.6 Å². The van der Waals surface area contributed by atoms with E-state index in [-0.39, 0.29) is 37.1 Å². The molecule has 1 aromatic rings. The molecule has 2 heterocycles. The summed E-state index contributed by atoms with van der Waals surface area (Å²) in [6.07, 6.45) is 0.633. The third kappa shape index (κ3) is 4.52. The Hall–Kier alpha value is -2.73. The maximum Gasteiger partial charge on any atom is 0.269 e. The number of nitrogens with one attached hydrogen (secondary N) is 1. The molecule has 2 fully saturated rings. The lowest BCUT2D eigenvalue weighted by atomic mass is 10.0. The zero-order valence-electron chi connectivity index (χ0n) is 14.9. The van der Waals surface area contributed by atoms with Crippen molar-refractivity contribution in [3.05, 3.63) is 34.4 Å². The minimum Gasteiger partial charge on any atom is -0.371 e. The Balaban J connectivity index is 1.45. The standard InChI is InChI=1S/C18H22FN5O3/c19-13-9-17(10-20)23(12-13)18(25)11-21-14-5-7-22(8-6-14)15-1-3-16(4-2-15)24(26)27/h1-4,13-14,17,21H,5-9,11-12H2/t13-,17-/m0/s1. The number of nitriles is 1.